The first-order valence-electron chi connectivity index (χ1n) is 13.1. The third-order valence-corrected chi connectivity index (χ3v) is 7.94. The van der Waals surface area contributed by atoms with Gasteiger partial charge in [-0.3, -0.25) is 14.3 Å². The number of aryl methyl sites for hydroxylation is 1. The van der Waals surface area contributed by atoms with Crippen molar-refractivity contribution in [3.63, 3.8) is 0 Å². The van der Waals surface area contributed by atoms with Crippen molar-refractivity contribution in [2.24, 2.45) is 0 Å². The van der Waals surface area contributed by atoms with Gasteiger partial charge in [-0.05, 0) is 49.6 Å². The first-order chi connectivity index (χ1) is 19.8. The molecule has 3 unspecified atom stereocenters. The quantitative estimate of drug-likeness (QED) is 0.338. The number of aliphatic hydroxyl groups is 1. The molecular formula is C27H27F3N6O6. The molecule has 0 aliphatic carbocycles. The van der Waals surface area contributed by atoms with Crippen molar-refractivity contribution in [1.29, 1.82) is 5.26 Å². The van der Waals surface area contributed by atoms with Crippen LogP contribution in [0.3, 0.4) is 0 Å². The number of nitriles is 1. The molecule has 2 fully saturated rings. The number of likely N-dealkylation sites (tertiary alicyclic amines) is 1. The lowest BCUT2D eigenvalue weighted by Crippen LogP contribution is -2.48. The minimum Gasteiger partial charge on any atom is -0.479 e. The van der Waals surface area contributed by atoms with Crippen LogP contribution < -0.4 is 10.9 Å². The molecule has 4 N–H and O–H groups in total. The number of rotatable bonds is 6. The first kappa shape index (κ1) is 29.1. The van der Waals surface area contributed by atoms with Crippen LogP contribution in [-0.2, 0) is 15.1 Å². The largest absolute Gasteiger partial charge is 0.479 e. The number of carboxylic acids is 1. The van der Waals surface area contributed by atoms with Crippen LogP contribution in [0, 0.1) is 18.3 Å². The van der Waals surface area contributed by atoms with Crippen molar-refractivity contribution in [2.75, 3.05) is 25.0 Å². The number of aromatic amines is 1. The average Bonchev–Trinajstić information content (AvgIpc) is 3.52. The van der Waals surface area contributed by atoms with Gasteiger partial charge in [-0.2, -0.15) is 23.5 Å². The number of anilines is 2. The van der Waals surface area contributed by atoms with Gasteiger partial charge in [-0.1, -0.05) is 0 Å². The highest BCUT2D eigenvalue weighted by Crippen LogP contribution is 2.39. The van der Waals surface area contributed by atoms with E-state index in [1.165, 1.54) is 23.0 Å². The van der Waals surface area contributed by atoms with Crippen LogP contribution in [0.1, 0.15) is 41.6 Å². The number of benzene rings is 1. The van der Waals surface area contributed by atoms with Crippen LogP contribution >= 0.6 is 0 Å². The lowest BCUT2D eigenvalue weighted by molar-refractivity contribution is -0.253. The Labute approximate surface area is 236 Å². The highest BCUT2D eigenvalue weighted by molar-refractivity contribution is 5.97. The van der Waals surface area contributed by atoms with E-state index >= 15 is 0 Å². The monoisotopic (exact) mass is 588 g/mol. The molecule has 42 heavy (non-hydrogen) atoms. The molecule has 2 aromatic heterocycles. The number of amides is 1. The molecule has 0 saturated carbocycles. The Bertz CT molecular complexity index is 1650. The Hall–Kier alpha value is -4.42. The summed E-state index contributed by atoms with van der Waals surface area (Å²) in [5.41, 5.74) is -3.05. The van der Waals surface area contributed by atoms with Gasteiger partial charge in [0.25, 0.3) is 11.5 Å². The number of carbonyl (C=O) groups is 2. The highest BCUT2D eigenvalue weighted by Gasteiger charge is 2.58. The van der Waals surface area contributed by atoms with E-state index in [0.717, 1.165) is 4.90 Å². The number of hydrogen-bond donors (Lipinski definition) is 4. The van der Waals surface area contributed by atoms with Crippen molar-refractivity contribution in [3.05, 3.63) is 51.9 Å². The molecular weight excluding hydrogens is 561 g/mol. The smallest absolute Gasteiger partial charge is 0.419 e. The van der Waals surface area contributed by atoms with Crippen molar-refractivity contribution in [1.82, 2.24) is 19.7 Å². The van der Waals surface area contributed by atoms with Gasteiger partial charge in [0.2, 0.25) is 0 Å². The number of carbonyl (C=O) groups excluding carboxylic acids is 1. The van der Waals surface area contributed by atoms with Gasteiger partial charge in [0, 0.05) is 30.4 Å². The predicted molar refractivity (Wildman–Crippen MR) is 141 cm³/mol. The van der Waals surface area contributed by atoms with Crippen LogP contribution in [-0.4, -0.2) is 79.3 Å². The number of aliphatic carboxylic acids is 1. The lowest BCUT2D eigenvalue weighted by atomic mass is 9.87. The zero-order valence-electron chi connectivity index (χ0n) is 22.4. The minimum absolute atomic E-state index is 0.0573. The number of carboxylic acid groups (broad SMARTS) is 1. The summed E-state index contributed by atoms with van der Waals surface area (Å²) in [5, 5.41) is 36.7. The Kier molecular flexibility index (Phi) is 7.23. The molecule has 1 aromatic carbocycles. The fourth-order valence-electron chi connectivity index (χ4n) is 5.55. The summed E-state index contributed by atoms with van der Waals surface area (Å²) in [6.07, 6.45) is -4.72. The van der Waals surface area contributed by atoms with Gasteiger partial charge < -0.3 is 30.2 Å². The number of β-amino-alcohol motifs (C(OH)–C–C–N with tert-alkyl or cyclic N) is 1. The summed E-state index contributed by atoms with van der Waals surface area (Å²) in [6, 6.07) is 8.25. The third kappa shape index (κ3) is 4.96. The lowest BCUT2D eigenvalue weighted by Gasteiger charge is -2.38. The maximum atomic E-state index is 13.2. The highest BCUT2D eigenvalue weighted by atomic mass is 19.4. The summed E-state index contributed by atoms with van der Waals surface area (Å²) in [4.78, 5) is 40.9. The Morgan fingerprint density at radius 2 is 2.07 bits per heavy atom. The number of fused-ring (bicyclic) bond motifs is 1. The minimum atomic E-state index is -4.86. The van der Waals surface area contributed by atoms with Crippen molar-refractivity contribution in [3.8, 4) is 6.07 Å². The van der Waals surface area contributed by atoms with Gasteiger partial charge in [0.1, 0.15) is 5.39 Å². The molecule has 15 heteroatoms. The number of aromatic nitrogens is 3. The molecule has 2 saturated heterocycles. The second kappa shape index (κ2) is 10.4. The Morgan fingerprint density at radius 1 is 1.31 bits per heavy atom. The zero-order chi connectivity index (χ0) is 30.4. The number of nitrogens with one attached hydrogen (secondary N) is 2. The summed E-state index contributed by atoms with van der Waals surface area (Å²) in [6.45, 7) is 0.384. The first-order valence-corrected chi connectivity index (χ1v) is 13.1. The van der Waals surface area contributed by atoms with E-state index in [-0.39, 0.29) is 49.2 Å². The van der Waals surface area contributed by atoms with E-state index in [4.69, 9.17) is 4.74 Å². The molecule has 12 nitrogen and oxygen atoms in total. The molecule has 3 aromatic rings. The normalized spacial score (nSPS) is 24.5. The summed E-state index contributed by atoms with van der Waals surface area (Å²) < 4.78 is 46.8. The third-order valence-electron chi connectivity index (χ3n) is 7.94. The van der Waals surface area contributed by atoms with Gasteiger partial charge in [0.15, 0.2) is 17.5 Å². The maximum Gasteiger partial charge on any atom is 0.419 e. The topological polar surface area (TPSA) is 174 Å². The summed E-state index contributed by atoms with van der Waals surface area (Å²) in [5.74, 6) is -1.62. The molecule has 0 bridgehead atoms. The van der Waals surface area contributed by atoms with Crippen molar-refractivity contribution < 1.29 is 37.7 Å². The molecule has 1 amide bonds. The fraction of sp³-hybridized carbons (Fsp3) is 0.444. The standard InChI is InChI=1S/C27H27F3N6O6/c1-15-12-16(2-3-17(15)23(38)35-11-8-26(41,13-35)27(28,29)30)33-21-20-18(5-10-32-22(20)37)36(34-21)25(7-9-31)6-4-19(24(39)40)42-14-25/h2-3,5,10,12,19,41H,4,6-8,11,13-14H2,1H3,(H,32,37)(H,33,34)(H,39,40). The number of alkyl halides is 3. The summed E-state index contributed by atoms with van der Waals surface area (Å²) >= 11 is 0. The van der Waals surface area contributed by atoms with E-state index in [1.54, 1.807) is 19.1 Å². The van der Waals surface area contributed by atoms with Crippen molar-refractivity contribution >= 4 is 34.3 Å². The molecule has 2 aliphatic heterocycles. The molecule has 5 rings (SSSR count). The van der Waals surface area contributed by atoms with E-state index < -0.39 is 53.8 Å². The molecule has 0 radical (unpaired) electrons. The van der Waals surface area contributed by atoms with Crippen LogP contribution in [0.15, 0.2) is 35.3 Å². The van der Waals surface area contributed by atoms with E-state index in [9.17, 15) is 43.0 Å². The number of pyridine rings is 1. The average molecular weight is 589 g/mol. The molecule has 2 aliphatic rings. The molecule has 3 atom stereocenters. The number of ether oxygens (including phenoxy) is 1. The molecule has 222 valence electrons. The number of nitrogens with zero attached hydrogens (tertiary/aromatic N) is 4. The summed E-state index contributed by atoms with van der Waals surface area (Å²) in [7, 11) is 0. The van der Waals surface area contributed by atoms with Crippen LogP contribution in [0.25, 0.3) is 10.9 Å². The van der Waals surface area contributed by atoms with Crippen LogP contribution in [0.2, 0.25) is 0 Å². The van der Waals surface area contributed by atoms with Gasteiger partial charge in [-0.25, -0.2) is 4.79 Å². The molecule has 0 spiro atoms. The van der Waals surface area contributed by atoms with E-state index in [0.29, 0.717) is 16.8 Å². The van der Waals surface area contributed by atoms with Crippen molar-refractivity contribution in [2.45, 2.75) is 56.0 Å². The molecule has 4 heterocycles. The van der Waals surface area contributed by atoms with E-state index in [1.807, 2.05) is 0 Å². The van der Waals surface area contributed by atoms with Gasteiger partial charge >= 0.3 is 12.1 Å². The zero-order valence-corrected chi connectivity index (χ0v) is 22.4. The number of halogens is 3. The Morgan fingerprint density at radius 3 is 2.67 bits per heavy atom. The fourth-order valence-corrected chi connectivity index (χ4v) is 5.55. The second-order valence-electron chi connectivity index (χ2n) is 10.7. The maximum absolute atomic E-state index is 13.2. The van der Waals surface area contributed by atoms with Gasteiger partial charge in [0.05, 0.1) is 36.7 Å². The van der Waals surface area contributed by atoms with Gasteiger partial charge in [-0.15, -0.1) is 0 Å². The predicted octanol–water partition coefficient (Wildman–Crippen LogP) is 2.79. The van der Waals surface area contributed by atoms with E-state index in [2.05, 4.69) is 21.5 Å². The number of H-pyrrole nitrogens is 1. The second-order valence-corrected chi connectivity index (χ2v) is 10.7. The van der Waals surface area contributed by atoms with Crippen LogP contribution in [0.4, 0.5) is 24.7 Å². The Balaban J connectivity index is 1.45. The number of hydrogen-bond acceptors (Lipinski definition) is 8. The van der Waals surface area contributed by atoms with Crippen LogP contribution in [0.5, 0.6) is 0 Å². The SMILES string of the molecule is Cc1cc(Nc2nn(C3(CC#N)CCC(C(=O)O)OC3)c3cc[nH]c(=O)c23)ccc1C(=O)N1CCC(O)(C(F)(F)F)C1.